The summed E-state index contributed by atoms with van der Waals surface area (Å²) in [5.41, 5.74) is 2.82. The Morgan fingerprint density at radius 2 is 2.07 bits per heavy atom. The number of hydrogen-bond donors (Lipinski definition) is 1. The van der Waals surface area contributed by atoms with Crippen LogP contribution in [0.15, 0.2) is 29.3 Å². The molecule has 1 N–H and O–H groups in total. The van der Waals surface area contributed by atoms with Crippen LogP contribution in [0.2, 0.25) is 0 Å². The van der Waals surface area contributed by atoms with Gasteiger partial charge in [-0.15, -0.1) is 0 Å². The lowest BCUT2D eigenvalue weighted by molar-refractivity contribution is 0.0843. The number of fused-ring (bicyclic) bond motifs is 3. The molecule has 1 heterocycles. The van der Waals surface area contributed by atoms with Gasteiger partial charge < -0.3 is 5.11 Å². The maximum Gasteiger partial charge on any atom is 0.107 e. The van der Waals surface area contributed by atoms with E-state index in [0.29, 0.717) is 0 Å². The van der Waals surface area contributed by atoms with Crippen molar-refractivity contribution < 1.29 is 5.11 Å². The minimum absolute atomic E-state index is 0.632. The lowest BCUT2D eigenvalue weighted by Crippen LogP contribution is -2.45. The fourth-order valence-electron chi connectivity index (χ4n) is 2.72. The second kappa shape index (κ2) is 3.17. The molecule has 3 rings (SSSR count). The van der Waals surface area contributed by atoms with E-state index in [0.717, 1.165) is 37.9 Å². The van der Waals surface area contributed by atoms with Crippen LogP contribution >= 0.6 is 0 Å². The highest BCUT2D eigenvalue weighted by Gasteiger charge is 2.39. The summed E-state index contributed by atoms with van der Waals surface area (Å²) in [6.07, 6.45) is 3.71. The van der Waals surface area contributed by atoms with Gasteiger partial charge in [-0.3, -0.25) is 4.99 Å². The molecule has 1 aromatic carbocycles. The minimum Gasteiger partial charge on any atom is -0.384 e. The van der Waals surface area contributed by atoms with Gasteiger partial charge in [0.1, 0.15) is 5.60 Å². The van der Waals surface area contributed by atoms with Crippen molar-refractivity contribution in [3.8, 4) is 0 Å². The zero-order valence-electron chi connectivity index (χ0n) is 8.74. The average molecular weight is 201 g/mol. The topological polar surface area (TPSA) is 32.6 Å². The Morgan fingerprint density at radius 1 is 1.20 bits per heavy atom. The first-order valence-corrected chi connectivity index (χ1v) is 5.65. The normalized spacial score (nSPS) is 29.0. The molecule has 78 valence electrons. The molecule has 15 heavy (non-hydrogen) atoms. The van der Waals surface area contributed by atoms with Gasteiger partial charge in [0.15, 0.2) is 0 Å². The van der Waals surface area contributed by atoms with Crippen LogP contribution in [-0.2, 0) is 6.42 Å². The Hall–Kier alpha value is -1.15. The number of aliphatic imine (C=N–C) groups is 1. The Bertz CT molecular complexity index is 424. The van der Waals surface area contributed by atoms with Gasteiger partial charge in [-0.2, -0.15) is 0 Å². The number of aliphatic hydroxyl groups is 1. The fourth-order valence-corrected chi connectivity index (χ4v) is 2.72. The molecule has 0 amide bonds. The zero-order chi connectivity index (χ0) is 10.3. The van der Waals surface area contributed by atoms with E-state index in [1.165, 1.54) is 11.1 Å². The van der Waals surface area contributed by atoms with E-state index in [4.69, 9.17) is 0 Å². The van der Waals surface area contributed by atoms with Crippen molar-refractivity contribution in [1.29, 1.82) is 0 Å². The molecular formula is C13H15NO. The van der Waals surface area contributed by atoms with Gasteiger partial charge in [0.05, 0.1) is 5.71 Å². The maximum atomic E-state index is 10.5. The number of aryl methyl sites for hydroxylation is 1. The molecule has 1 aromatic rings. The third kappa shape index (κ3) is 1.32. The van der Waals surface area contributed by atoms with Crippen molar-refractivity contribution in [2.45, 2.75) is 31.3 Å². The van der Waals surface area contributed by atoms with Crippen molar-refractivity contribution in [1.82, 2.24) is 0 Å². The lowest BCUT2D eigenvalue weighted by atomic mass is 9.75. The smallest absolute Gasteiger partial charge is 0.107 e. The monoisotopic (exact) mass is 201 g/mol. The summed E-state index contributed by atoms with van der Waals surface area (Å²) in [6.45, 7) is 0.867. The largest absolute Gasteiger partial charge is 0.384 e. The van der Waals surface area contributed by atoms with Crippen molar-refractivity contribution in [2.24, 2.45) is 4.99 Å². The minimum atomic E-state index is -0.632. The first-order chi connectivity index (χ1) is 7.30. The molecular weight excluding hydrogens is 186 g/mol. The maximum absolute atomic E-state index is 10.5. The van der Waals surface area contributed by atoms with Crippen molar-refractivity contribution in [2.75, 3.05) is 6.54 Å². The summed E-state index contributed by atoms with van der Waals surface area (Å²) >= 11 is 0. The summed E-state index contributed by atoms with van der Waals surface area (Å²) < 4.78 is 0. The number of nitrogens with zero attached hydrogens (tertiary/aromatic N) is 1. The molecule has 0 saturated heterocycles. The second-order valence-electron chi connectivity index (χ2n) is 4.52. The lowest BCUT2D eigenvalue weighted by Gasteiger charge is -2.37. The molecule has 0 spiro atoms. The molecule has 0 saturated carbocycles. The first-order valence-electron chi connectivity index (χ1n) is 5.65. The summed E-state index contributed by atoms with van der Waals surface area (Å²) in [6, 6.07) is 8.32. The molecule has 0 radical (unpaired) electrons. The van der Waals surface area contributed by atoms with E-state index in [1.807, 2.05) is 6.07 Å². The molecule has 1 atom stereocenters. The van der Waals surface area contributed by atoms with Crippen LogP contribution < -0.4 is 0 Å². The summed E-state index contributed by atoms with van der Waals surface area (Å²) in [5.74, 6) is 0. The van der Waals surface area contributed by atoms with E-state index < -0.39 is 5.60 Å². The Labute approximate surface area is 89.7 Å². The van der Waals surface area contributed by atoms with Gasteiger partial charge in [0, 0.05) is 12.1 Å². The van der Waals surface area contributed by atoms with Crippen LogP contribution in [0.25, 0.3) is 0 Å². The molecule has 1 aliphatic carbocycles. The zero-order valence-corrected chi connectivity index (χ0v) is 8.74. The van der Waals surface area contributed by atoms with Gasteiger partial charge in [-0.1, -0.05) is 24.3 Å². The Kier molecular flexibility index (Phi) is 1.93. The average Bonchev–Trinajstić information content (AvgIpc) is 2.28. The summed E-state index contributed by atoms with van der Waals surface area (Å²) in [7, 11) is 0. The van der Waals surface area contributed by atoms with Gasteiger partial charge in [-0.25, -0.2) is 0 Å². The van der Waals surface area contributed by atoms with E-state index >= 15 is 0 Å². The van der Waals surface area contributed by atoms with Crippen molar-refractivity contribution in [3.05, 3.63) is 35.4 Å². The van der Waals surface area contributed by atoms with Crippen LogP contribution in [0.4, 0.5) is 0 Å². The number of rotatable bonds is 0. The first kappa shape index (κ1) is 9.10. The molecule has 2 heteroatoms. The van der Waals surface area contributed by atoms with Gasteiger partial charge >= 0.3 is 0 Å². The number of hydrogen-bond acceptors (Lipinski definition) is 2. The highest BCUT2D eigenvalue weighted by Crippen LogP contribution is 2.34. The predicted octanol–water partition coefficient (Wildman–Crippen LogP) is 1.95. The molecule has 2 nitrogen and oxygen atoms in total. The number of benzene rings is 1. The highest BCUT2D eigenvalue weighted by molar-refractivity contribution is 6.08. The summed E-state index contributed by atoms with van der Waals surface area (Å²) in [4.78, 5) is 4.53. The van der Waals surface area contributed by atoms with E-state index in [1.54, 1.807) is 0 Å². The van der Waals surface area contributed by atoms with E-state index in [-0.39, 0.29) is 0 Å². The SMILES string of the molecule is O[C@@]12CCCN=C1c1ccccc1CC2. The second-order valence-corrected chi connectivity index (χ2v) is 4.52. The quantitative estimate of drug-likeness (QED) is 0.683. The van der Waals surface area contributed by atoms with E-state index in [9.17, 15) is 5.11 Å². The van der Waals surface area contributed by atoms with Crippen LogP contribution in [0.5, 0.6) is 0 Å². The Morgan fingerprint density at radius 3 is 3.00 bits per heavy atom. The molecule has 0 bridgehead atoms. The Balaban J connectivity index is 2.16. The molecule has 1 aliphatic heterocycles. The third-order valence-corrected chi connectivity index (χ3v) is 3.54. The van der Waals surface area contributed by atoms with Crippen molar-refractivity contribution >= 4 is 5.71 Å². The van der Waals surface area contributed by atoms with Crippen molar-refractivity contribution in [3.63, 3.8) is 0 Å². The van der Waals surface area contributed by atoms with Gasteiger partial charge in [-0.05, 0) is 31.2 Å². The van der Waals surface area contributed by atoms with Crippen LogP contribution in [0.1, 0.15) is 30.4 Å². The van der Waals surface area contributed by atoms with Gasteiger partial charge in [0.2, 0.25) is 0 Å². The fraction of sp³-hybridized carbons (Fsp3) is 0.462. The molecule has 2 aliphatic rings. The molecule has 0 unspecified atom stereocenters. The summed E-state index contributed by atoms with van der Waals surface area (Å²) in [5, 5.41) is 10.5. The standard InChI is InChI=1S/C13H15NO/c15-13-7-3-9-14-12(13)11-5-2-1-4-10(11)6-8-13/h1-2,4-5,15H,3,6-9H2/t13-/m1/s1. The van der Waals surface area contributed by atoms with Gasteiger partial charge in [0.25, 0.3) is 0 Å². The third-order valence-electron chi connectivity index (χ3n) is 3.54. The highest BCUT2D eigenvalue weighted by atomic mass is 16.3. The van der Waals surface area contributed by atoms with Crippen LogP contribution in [-0.4, -0.2) is 23.0 Å². The molecule has 0 aromatic heterocycles. The van der Waals surface area contributed by atoms with Crippen LogP contribution in [0, 0.1) is 0 Å². The predicted molar refractivity (Wildman–Crippen MR) is 60.4 cm³/mol. The van der Waals surface area contributed by atoms with E-state index in [2.05, 4.69) is 23.2 Å². The molecule has 0 fully saturated rings. The van der Waals surface area contributed by atoms with Crippen LogP contribution in [0.3, 0.4) is 0 Å².